The van der Waals surface area contributed by atoms with Gasteiger partial charge in [-0.05, 0) is 18.7 Å². The number of nitrogens with zero attached hydrogens (tertiary/aromatic N) is 3. The molecule has 2 aromatic heterocycles. The Bertz CT molecular complexity index is 709. The lowest BCUT2D eigenvalue weighted by Gasteiger charge is -2.27. The van der Waals surface area contributed by atoms with E-state index in [2.05, 4.69) is 9.88 Å². The summed E-state index contributed by atoms with van der Waals surface area (Å²) >= 11 is 0. The van der Waals surface area contributed by atoms with Crippen LogP contribution in [-0.4, -0.2) is 48.9 Å². The summed E-state index contributed by atoms with van der Waals surface area (Å²) in [5.74, 6) is 1.27. The Kier molecular flexibility index (Phi) is 3.39. The van der Waals surface area contributed by atoms with Crippen molar-refractivity contribution in [3.8, 4) is 0 Å². The highest BCUT2D eigenvalue weighted by atomic mass is 32.2. The second kappa shape index (κ2) is 5.06. The van der Waals surface area contributed by atoms with Gasteiger partial charge in [-0.25, -0.2) is 13.4 Å². The van der Waals surface area contributed by atoms with Gasteiger partial charge in [0.1, 0.15) is 5.65 Å². The molecule has 1 saturated heterocycles. The van der Waals surface area contributed by atoms with E-state index in [1.165, 1.54) is 0 Å². The van der Waals surface area contributed by atoms with Crippen molar-refractivity contribution in [2.45, 2.75) is 6.42 Å². The molecular weight excluding hydrogens is 276 g/mol. The van der Waals surface area contributed by atoms with Crippen molar-refractivity contribution in [1.82, 2.24) is 9.38 Å². The van der Waals surface area contributed by atoms with E-state index in [0.29, 0.717) is 19.6 Å². The van der Waals surface area contributed by atoms with Gasteiger partial charge in [-0.2, -0.15) is 0 Å². The molecule has 108 valence electrons. The van der Waals surface area contributed by atoms with E-state index in [0.717, 1.165) is 23.6 Å². The second-order valence-electron chi connectivity index (χ2n) is 4.99. The van der Waals surface area contributed by atoms with E-state index in [1.807, 2.05) is 28.8 Å². The average molecular weight is 294 g/mol. The van der Waals surface area contributed by atoms with E-state index in [9.17, 15) is 8.42 Å². The van der Waals surface area contributed by atoms with Crippen LogP contribution in [0, 0.1) is 0 Å². The lowest BCUT2D eigenvalue weighted by Crippen LogP contribution is -2.41. The minimum Gasteiger partial charge on any atom is -0.353 e. The molecule has 3 heterocycles. The Morgan fingerprint density at radius 3 is 2.70 bits per heavy atom. The molecule has 0 amide bonds. The third-order valence-corrected chi connectivity index (χ3v) is 5.24. The van der Waals surface area contributed by atoms with E-state index in [1.54, 1.807) is 0 Å². The van der Waals surface area contributed by atoms with Gasteiger partial charge in [0.2, 0.25) is 0 Å². The lowest BCUT2D eigenvalue weighted by molar-refractivity contribution is 0.586. The summed E-state index contributed by atoms with van der Waals surface area (Å²) in [6.45, 7) is 1.55. The summed E-state index contributed by atoms with van der Waals surface area (Å²) in [5.41, 5.74) is 7.63. The molecule has 2 N–H and O–H groups in total. The van der Waals surface area contributed by atoms with E-state index >= 15 is 0 Å². The minimum absolute atomic E-state index is 0.197. The zero-order valence-corrected chi connectivity index (χ0v) is 12.0. The highest BCUT2D eigenvalue weighted by Crippen LogP contribution is 2.23. The van der Waals surface area contributed by atoms with Crippen molar-refractivity contribution in [3.05, 3.63) is 30.1 Å². The number of imidazole rings is 1. The van der Waals surface area contributed by atoms with E-state index in [-0.39, 0.29) is 11.5 Å². The summed E-state index contributed by atoms with van der Waals surface area (Å²) in [6.07, 6.45) is 2.70. The third kappa shape index (κ3) is 2.38. The fourth-order valence-electron chi connectivity index (χ4n) is 2.58. The Balaban J connectivity index is 2.00. The third-order valence-electron chi connectivity index (χ3n) is 3.63. The second-order valence-corrected chi connectivity index (χ2v) is 7.29. The van der Waals surface area contributed by atoms with Crippen LogP contribution < -0.4 is 10.6 Å². The van der Waals surface area contributed by atoms with Gasteiger partial charge in [-0.1, -0.05) is 6.07 Å². The molecular formula is C13H18N4O2S. The van der Waals surface area contributed by atoms with Gasteiger partial charge in [0, 0.05) is 25.7 Å². The van der Waals surface area contributed by atoms with Gasteiger partial charge in [0.05, 0.1) is 17.2 Å². The maximum atomic E-state index is 11.5. The molecule has 20 heavy (non-hydrogen) atoms. The summed E-state index contributed by atoms with van der Waals surface area (Å²) in [5, 5.41) is 0. The largest absolute Gasteiger partial charge is 0.353 e. The van der Waals surface area contributed by atoms with Gasteiger partial charge < -0.3 is 15.0 Å². The van der Waals surface area contributed by atoms with Crippen molar-refractivity contribution in [2.24, 2.45) is 5.73 Å². The molecule has 0 aliphatic carbocycles. The number of nitrogens with two attached hydrogens (primary N) is 1. The quantitative estimate of drug-likeness (QED) is 0.866. The zero-order chi connectivity index (χ0) is 14.2. The van der Waals surface area contributed by atoms with Crippen LogP contribution >= 0.6 is 0 Å². The summed E-state index contributed by atoms with van der Waals surface area (Å²) in [6, 6.07) is 5.85. The predicted octanol–water partition coefficient (Wildman–Crippen LogP) is 0.0703. The average Bonchev–Trinajstić information content (AvgIpc) is 2.78. The van der Waals surface area contributed by atoms with Crippen LogP contribution in [0.5, 0.6) is 0 Å². The summed E-state index contributed by atoms with van der Waals surface area (Å²) < 4.78 is 25.1. The Morgan fingerprint density at radius 1 is 1.25 bits per heavy atom. The van der Waals surface area contributed by atoms with Crippen molar-refractivity contribution in [3.63, 3.8) is 0 Å². The molecule has 6 nitrogen and oxygen atoms in total. The van der Waals surface area contributed by atoms with Crippen molar-refractivity contribution in [1.29, 1.82) is 0 Å². The number of sulfone groups is 1. The van der Waals surface area contributed by atoms with Crippen LogP contribution in [-0.2, 0) is 16.3 Å². The zero-order valence-electron chi connectivity index (χ0n) is 11.2. The van der Waals surface area contributed by atoms with E-state index in [4.69, 9.17) is 5.73 Å². The molecule has 2 aromatic rings. The first-order chi connectivity index (χ1) is 9.61. The number of hydrogen-bond donors (Lipinski definition) is 1. The molecule has 7 heteroatoms. The van der Waals surface area contributed by atoms with Crippen molar-refractivity contribution >= 4 is 21.3 Å². The number of hydrogen-bond acceptors (Lipinski definition) is 5. The molecule has 1 aliphatic heterocycles. The van der Waals surface area contributed by atoms with Crippen LogP contribution in [0.2, 0.25) is 0 Å². The minimum atomic E-state index is -2.88. The molecule has 1 fully saturated rings. The first kappa shape index (κ1) is 13.4. The number of aromatic nitrogens is 2. The van der Waals surface area contributed by atoms with Crippen molar-refractivity contribution < 1.29 is 8.42 Å². The summed E-state index contributed by atoms with van der Waals surface area (Å²) in [4.78, 5) is 6.70. The first-order valence-electron chi connectivity index (χ1n) is 6.72. The molecule has 0 radical (unpaired) electrons. The van der Waals surface area contributed by atoms with Crippen LogP contribution in [0.1, 0.15) is 5.69 Å². The molecule has 3 rings (SSSR count). The molecule has 0 bridgehead atoms. The molecule has 1 aliphatic rings. The molecule has 0 unspecified atom stereocenters. The fraction of sp³-hybridized carbons (Fsp3) is 0.462. The van der Waals surface area contributed by atoms with Crippen LogP contribution in [0.3, 0.4) is 0 Å². The fourth-order valence-corrected chi connectivity index (χ4v) is 3.78. The van der Waals surface area contributed by atoms with Crippen molar-refractivity contribution in [2.75, 3.05) is 36.0 Å². The van der Waals surface area contributed by atoms with Gasteiger partial charge >= 0.3 is 0 Å². The van der Waals surface area contributed by atoms with Gasteiger partial charge in [-0.15, -0.1) is 0 Å². The van der Waals surface area contributed by atoms with Gasteiger partial charge in [0.15, 0.2) is 15.7 Å². The highest BCUT2D eigenvalue weighted by Gasteiger charge is 2.25. The first-order valence-corrected chi connectivity index (χ1v) is 8.54. The molecule has 0 saturated carbocycles. The maximum absolute atomic E-state index is 11.5. The standard InChI is InChI=1S/C13H18N4O2S/c14-5-4-11-13(15-12-3-1-2-6-17(11)12)16-7-9-20(18,19)10-8-16/h1-3,6H,4-5,7-10,14H2. The molecule has 0 aromatic carbocycles. The topological polar surface area (TPSA) is 80.7 Å². The Hall–Kier alpha value is -1.60. The smallest absolute Gasteiger partial charge is 0.153 e. The van der Waals surface area contributed by atoms with Crippen LogP contribution in [0.15, 0.2) is 24.4 Å². The van der Waals surface area contributed by atoms with Crippen LogP contribution in [0.4, 0.5) is 5.82 Å². The molecule has 0 atom stereocenters. The monoisotopic (exact) mass is 294 g/mol. The Labute approximate surface area is 118 Å². The molecule has 0 spiro atoms. The normalized spacial score (nSPS) is 18.6. The number of pyridine rings is 1. The van der Waals surface area contributed by atoms with Crippen LogP contribution in [0.25, 0.3) is 5.65 Å². The number of fused-ring (bicyclic) bond motifs is 1. The summed E-state index contributed by atoms with van der Waals surface area (Å²) in [7, 11) is -2.88. The maximum Gasteiger partial charge on any atom is 0.153 e. The predicted molar refractivity (Wildman–Crippen MR) is 78.8 cm³/mol. The lowest BCUT2D eigenvalue weighted by atomic mass is 10.3. The van der Waals surface area contributed by atoms with Gasteiger partial charge in [0.25, 0.3) is 0 Å². The van der Waals surface area contributed by atoms with E-state index < -0.39 is 9.84 Å². The number of anilines is 1. The SMILES string of the molecule is NCCc1c(N2CCS(=O)(=O)CC2)nc2ccccn12. The van der Waals surface area contributed by atoms with Gasteiger partial charge in [-0.3, -0.25) is 0 Å². The highest BCUT2D eigenvalue weighted by molar-refractivity contribution is 7.91. The Morgan fingerprint density at radius 2 is 2.00 bits per heavy atom. The number of rotatable bonds is 3.